The number of nitrogens with zero attached hydrogens (tertiary/aromatic N) is 1. The van der Waals surface area contributed by atoms with E-state index in [0.717, 1.165) is 12.1 Å². The zero-order chi connectivity index (χ0) is 20.1. The maximum Gasteiger partial charge on any atom is 0.416 e. The molecule has 1 aliphatic rings. The molecule has 3 rings (SSSR count). The second-order valence-corrected chi connectivity index (χ2v) is 6.24. The van der Waals surface area contributed by atoms with Crippen LogP contribution in [0.15, 0.2) is 42.5 Å². The number of carbonyl (C=O) groups excluding carboxylic acids is 1. The van der Waals surface area contributed by atoms with Gasteiger partial charge in [-0.3, -0.25) is 4.79 Å². The fourth-order valence-electron chi connectivity index (χ4n) is 2.98. The van der Waals surface area contributed by atoms with E-state index in [1.54, 1.807) is 24.3 Å². The number of amides is 1. The molecule has 2 aromatic rings. The van der Waals surface area contributed by atoms with E-state index in [4.69, 9.17) is 9.47 Å². The number of morpholine rings is 1. The number of alkyl halides is 3. The third kappa shape index (κ3) is 4.75. The standard InChI is InChI=1S/C20H21F3N2O3/c1-2-28-16-5-3-4-14(12-16)19(26)24-17-13-15(20(21,22)23)6-7-18(17)25-8-10-27-11-9-25/h3-7,12-13H,2,8-11H2,1H3,(H,24,26). The average molecular weight is 394 g/mol. The number of ether oxygens (including phenoxy) is 2. The van der Waals surface area contributed by atoms with E-state index in [0.29, 0.717) is 49.9 Å². The van der Waals surface area contributed by atoms with E-state index in [1.807, 2.05) is 11.8 Å². The van der Waals surface area contributed by atoms with E-state index in [9.17, 15) is 18.0 Å². The summed E-state index contributed by atoms with van der Waals surface area (Å²) in [7, 11) is 0. The molecule has 0 saturated carbocycles. The van der Waals surface area contributed by atoms with Crippen molar-refractivity contribution in [2.75, 3.05) is 43.1 Å². The average Bonchev–Trinajstić information content (AvgIpc) is 2.68. The van der Waals surface area contributed by atoms with Crippen molar-refractivity contribution in [2.24, 2.45) is 0 Å². The molecule has 1 aliphatic heterocycles. The molecule has 5 nitrogen and oxygen atoms in total. The van der Waals surface area contributed by atoms with Gasteiger partial charge in [-0.15, -0.1) is 0 Å². The Bertz CT molecular complexity index is 834. The summed E-state index contributed by atoms with van der Waals surface area (Å²) in [6.07, 6.45) is -4.50. The van der Waals surface area contributed by atoms with E-state index < -0.39 is 17.6 Å². The molecule has 0 aliphatic carbocycles. The van der Waals surface area contributed by atoms with Crippen LogP contribution in [0, 0.1) is 0 Å². The molecule has 1 amide bonds. The topological polar surface area (TPSA) is 50.8 Å². The Morgan fingerprint density at radius 3 is 2.61 bits per heavy atom. The first-order chi connectivity index (χ1) is 13.4. The highest BCUT2D eigenvalue weighted by Crippen LogP contribution is 2.36. The zero-order valence-corrected chi connectivity index (χ0v) is 15.4. The Labute approximate surface area is 161 Å². The minimum Gasteiger partial charge on any atom is -0.494 e. The molecule has 0 bridgehead atoms. The van der Waals surface area contributed by atoms with Gasteiger partial charge in [-0.25, -0.2) is 0 Å². The van der Waals surface area contributed by atoms with Gasteiger partial charge in [0, 0.05) is 18.7 Å². The molecule has 1 saturated heterocycles. The molecule has 1 fully saturated rings. The molecular formula is C20H21F3N2O3. The van der Waals surface area contributed by atoms with Crippen molar-refractivity contribution in [3.8, 4) is 5.75 Å². The highest BCUT2D eigenvalue weighted by molar-refractivity contribution is 6.06. The van der Waals surface area contributed by atoms with Crippen LogP contribution in [0.3, 0.4) is 0 Å². The third-order valence-corrected chi connectivity index (χ3v) is 4.33. The van der Waals surface area contributed by atoms with Gasteiger partial charge in [0.25, 0.3) is 5.91 Å². The van der Waals surface area contributed by atoms with Crippen molar-refractivity contribution >= 4 is 17.3 Å². The molecular weight excluding hydrogens is 373 g/mol. The van der Waals surface area contributed by atoms with Crippen molar-refractivity contribution < 1.29 is 27.4 Å². The van der Waals surface area contributed by atoms with Crippen molar-refractivity contribution in [1.29, 1.82) is 0 Å². The second kappa shape index (κ2) is 8.52. The van der Waals surface area contributed by atoms with Crippen molar-refractivity contribution in [3.63, 3.8) is 0 Å². The van der Waals surface area contributed by atoms with Crippen LogP contribution < -0.4 is 15.0 Å². The van der Waals surface area contributed by atoms with E-state index in [-0.39, 0.29) is 5.69 Å². The molecule has 0 aromatic heterocycles. The Morgan fingerprint density at radius 2 is 1.93 bits per heavy atom. The van der Waals surface area contributed by atoms with Gasteiger partial charge >= 0.3 is 6.18 Å². The molecule has 0 radical (unpaired) electrons. The minimum absolute atomic E-state index is 0.114. The molecule has 0 spiro atoms. The van der Waals surface area contributed by atoms with Gasteiger partial charge in [0.2, 0.25) is 0 Å². The number of carbonyl (C=O) groups is 1. The fourth-order valence-corrected chi connectivity index (χ4v) is 2.98. The monoisotopic (exact) mass is 394 g/mol. The van der Waals surface area contributed by atoms with Crippen LogP contribution in [-0.4, -0.2) is 38.8 Å². The van der Waals surface area contributed by atoms with Gasteiger partial charge in [-0.1, -0.05) is 6.07 Å². The van der Waals surface area contributed by atoms with Gasteiger partial charge in [0.15, 0.2) is 0 Å². The van der Waals surface area contributed by atoms with Crippen LogP contribution in [0.4, 0.5) is 24.5 Å². The SMILES string of the molecule is CCOc1cccc(C(=O)Nc2cc(C(F)(F)F)ccc2N2CCOCC2)c1. The van der Waals surface area contributed by atoms with Crippen LogP contribution in [0.5, 0.6) is 5.75 Å². The maximum absolute atomic E-state index is 13.2. The Kier molecular flexibility index (Phi) is 6.08. The fraction of sp³-hybridized carbons (Fsp3) is 0.350. The molecule has 1 N–H and O–H groups in total. The molecule has 28 heavy (non-hydrogen) atoms. The van der Waals surface area contributed by atoms with Crippen LogP contribution in [0.25, 0.3) is 0 Å². The summed E-state index contributed by atoms with van der Waals surface area (Å²) in [5.74, 6) is 0.0166. The second-order valence-electron chi connectivity index (χ2n) is 6.24. The number of benzene rings is 2. The first-order valence-electron chi connectivity index (χ1n) is 8.96. The Morgan fingerprint density at radius 1 is 1.18 bits per heavy atom. The third-order valence-electron chi connectivity index (χ3n) is 4.33. The van der Waals surface area contributed by atoms with Crippen LogP contribution >= 0.6 is 0 Å². The highest BCUT2D eigenvalue weighted by Gasteiger charge is 2.32. The van der Waals surface area contributed by atoms with E-state index in [1.165, 1.54) is 6.07 Å². The first kappa shape index (κ1) is 20.0. The summed E-state index contributed by atoms with van der Waals surface area (Å²) >= 11 is 0. The smallest absolute Gasteiger partial charge is 0.416 e. The molecule has 0 unspecified atom stereocenters. The number of nitrogens with one attached hydrogen (secondary N) is 1. The van der Waals surface area contributed by atoms with Gasteiger partial charge in [0.05, 0.1) is 36.8 Å². The summed E-state index contributed by atoms with van der Waals surface area (Å²) < 4.78 is 50.2. The summed E-state index contributed by atoms with van der Waals surface area (Å²) in [5.41, 5.74) is 0.133. The minimum atomic E-state index is -4.50. The van der Waals surface area contributed by atoms with Crippen molar-refractivity contribution in [1.82, 2.24) is 0 Å². The largest absolute Gasteiger partial charge is 0.494 e. The lowest BCUT2D eigenvalue weighted by Crippen LogP contribution is -2.36. The number of anilines is 2. The lowest BCUT2D eigenvalue weighted by atomic mass is 10.1. The van der Waals surface area contributed by atoms with Gasteiger partial charge in [0.1, 0.15) is 5.75 Å². The normalized spacial score (nSPS) is 14.6. The number of rotatable bonds is 5. The predicted molar refractivity (Wildman–Crippen MR) is 100 cm³/mol. The van der Waals surface area contributed by atoms with E-state index >= 15 is 0 Å². The lowest BCUT2D eigenvalue weighted by Gasteiger charge is -2.31. The molecule has 8 heteroatoms. The first-order valence-corrected chi connectivity index (χ1v) is 8.96. The van der Waals surface area contributed by atoms with Gasteiger partial charge in [-0.05, 0) is 43.3 Å². The van der Waals surface area contributed by atoms with Crippen molar-refractivity contribution in [2.45, 2.75) is 13.1 Å². The summed E-state index contributed by atoms with van der Waals surface area (Å²) in [4.78, 5) is 14.6. The van der Waals surface area contributed by atoms with Gasteiger partial charge in [-0.2, -0.15) is 13.2 Å². The van der Waals surface area contributed by atoms with Gasteiger partial charge < -0.3 is 19.7 Å². The quantitative estimate of drug-likeness (QED) is 0.826. The summed E-state index contributed by atoms with van der Waals surface area (Å²) in [6, 6.07) is 9.89. The van der Waals surface area contributed by atoms with Crippen LogP contribution in [0.1, 0.15) is 22.8 Å². The predicted octanol–water partition coefficient (Wildman–Crippen LogP) is 4.19. The maximum atomic E-state index is 13.2. The molecule has 0 atom stereocenters. The summed E-state index contributed by atoms with van der Waals surface area (Å²) in [5, 5.41) is 2.63. The molecule has 150 valence electrons. The van der Waals surface area contributed by atoms with Crippen LogP contribution in [-0.2, 0) is 10.9 Å². The Balaban J connectivity index is 1.91. The zero-order valence-electron chi connectivity index (χ0n) is 15.4. The highest BCUT2D eigenvalue weighted by atomic mass is 19.4. The molecule has 2 aromatic carbocycles. The number of hydrogen-bond donors (Lipinski definition) is 1. The van der Waals surface area contributed by atoms with Crippen LogP contribution in [0.2, 0.25) is 0 Å². The van der Waals surface area contributed by atoms with Crippen molar-refractivity contribution in [3.05, 3.63) is 53.6 Å². The van der Waals surface area contributed by atoms with E-state index in [2.05, 4.69) is 5.32 Å². The number of hydrogen-bond acceptors (Lipinski definition) is 4. The number of halogens is 3. The molecule has 1 heterocycles. The Hall–Kier alpha value is -2.74. The lowest BCUT2D eigenvalue weighted by molar-refractivity contribution is -0.137. The summed E-state index contributed by atoms with van der Waals surface area (Å²) in [6.45, 7) is 4.29.